The molecule has 0 radical (unpaired) electrons. The molecule has 1 saturated heterocycles. The fourth-order valence-corrected chi connectivity index (χ4v) is 3.26. The lowest BCUT2D eigenvalue weighted by atomic mass is 10.2. The molecule has 4 rings (SSSR count). The third-order valence-electron chi connectivity index (χ3n) is 4.52. The van der Waals surface area contributed by atoms with Gasteiger partial charge in [0.2, 0.25) is 0 Å². The maximum atomic E-state index is 12.4. The quantitative estimate of drug-likeness (QED) is 0.804. The molecule has 0 atom stereocenters. The first kappa shape index (κ1) is 15.1. The lowest BCUT2D eigenvalue weighted by Gasteiger charge is -2.18. The lowest BCUT2D eigenvalue weighted by Crippen LogP contribution is -2.26. The molecule has 24 heavy (non-hydrogen) atoms. The van der Waals surface area contributed by atoms with Crippen molar-refractivity contribution in [2.75, 3.05) is 13.1 Å². The number of likely N-dealkylation sites (tertiary alicyclic amines) is 1. The summed E-state index contributed by atoms with van der Waals surface area (Å²) in [6.07, 6.45) is 5.04. The summed E-state index contributed by atoms with van der Waals surface area (Å²) in [5.74, 6) is 1.10. The van der Waals surface area contributed by atoms with Gasteiger partial charge in [0.25, 0.3) is 11.3 Å². The van der Waals surface area contributed by atoms with E-state index in [2.05, 4.69) is 20.0 Å². The van der Waals surface area contributed by atoms with Crippen molar-refractivity contribution in [3.63, 3.8) is 0 Å². The number of aromatic nitrogens is 4. The van der Waals surface area contributed by atoms with Crippen molar-refractivity contribution in [1.82, 2.24) is 24.5 Å². The van der Waals surface area contributed by atoms with Crippen LogP contribution in [0.15, 0.2) is 41.2 Å². The Bertz CT molecular complexity index is 875. The predicted molar refractivity (Wildman–Crippen MR) is 92.8 cm³/mol. The largest absolute Gasteiger partial charge is 0.298 e. The van der Waals surface area contributed by atoms with E-state index in [1.165, 1.54) is 30.2 Å². The number of hydrogen-bond acceptors (Lipinski definition) is 4. The molecule has 0 spiro atoms. The molecule has 6 nitrogen and oxygen atoms in total. The SMILES string of the molecule is O=c1cc(CN2CCCCCC2)nc2nc(-c3ccccc3)[nH]n12. The van der Waals surface area contributed by atoms with Crippen molar-refractivity contribution in [3.05, 3.63) is 52.4 Å². The van der Waals surface area contributed by atoms with Gasteiger partial charge in [-0.1, -0.05) is 43.2 Å². The van der Waals surface area contributed by atoms with Crippen LogP contribution in [0, 0.1) is 0 Å². The molecule has 0 saturated carbocycles. The Kier molecular flexibility index (Phi) is 4.13. The highest BCUT2D eigenvalue weighted by molar-refractivity contribution is 5.56. The predicted octanol–water partition coefficient (Wildman–Crippen LogP) is 2.46. The number of nitrogens with zero attached hydrogens (tertiary/aromatic N) is 4. The molecule has 1 fully saturated rings. The zero-order valence-corrected chi connectivity index (χ0v) is 13.6. The van der Waals surface area contributed by atoms with Gasteiger partial charge >= 0.3 is 0 Å². The Morgan fingerprint density at radius 3 is 2.50 bits per heavy atom. The van der Waals surface area contributed by atoms with Gasteiger partial charge in [0.05, 0.1) is 5.69 Å². The van der Waals surface area contributed by atoms with E-state index in [0.717, 1.165) is 30.9 Å². The third kappa shape index (κ3) is 3.10. The van der Waals surface area contributed by atoms with E-state index >= 15 is 0 Å². The van der Waals surface area contributed by atoms with Crippen molar-refractivity contribution in [2.24, 2.45) is 0 Å². The van der Waals surface area contributed by atoms with Gasteiger partial charge in [-0.05, 0) is 25.9 Å². The van der Waals surface area contributed by atoms with Gasteiger partial charge in [0.15, 0.2) is 5.82 Å². The normalized spacial score (nSPS) is 16.3. The molecular formula is C18H21N5O. The van der Waals surface area contributed by atoms with Crippen LogP contribution in [0.25, 0.3) is 17.2 Å². The molecule has 3 aromatic rings. The number of hydrogen-bond donors (Lipinski definition) is 1. The number of fused-ring (bicyclic) bond motifs is 1. The van der Waals surface area contributed by atoms with Gasteiger partial charge in [-0.2, -0.15) is 9.50 Å². The maximum absolute atomic E-state index is 12.4. The molecule has 3 heterocycles. The maximum Gasteiger partial charge on any atom is 0.274 e. The van der Waals surface area contributed by atoms with Crippen LogP contribution >= 0.6 is 0 Å². The van der Waals surface area contributed by atoms with Crippen molar-refractivity contribution in [3.8, 4) is 11.4 Å². The summed E-state index contributed by atoms with van der Waals surface area (Å²) in [4.78, 5) is 23.9. The minimum atomic E-state index is -0.112. The molecule has 1 aliphatic rings. The number of rotatable bonds is 3. The van der Waals surface area contributed by atoms with E-state index in [4.69, 9.17) is 0 Å². The molecule has 0 bridgehead atoms. The minimum absolute atomic E-state index is 0.112. The van der Waals surface area contributed by atoms with E-state index in [1.807, 2.05) is 30.3 Å². The number of H-pyrrole nitrogens is 1. The van der Waals surface area contributed by atoms with Crippen LogP contribution in [0.3, 0.4) is 0 Å². The molecule has 124 valence electrons. The molecule has 1 aliphatic heterocycles. The fourth-order valence-electron chi connectivity index (χ4n) is 3.26. The Balaban J connectivity index is 1.65. The van der Waals surface area contributed by atoms with Gasteiger partial charge in [-0.15, -0.1) is 0 Å². The van der Waals surface area contributed by atoms with Crippen LogP contribution in [0.4, 0.5) is 0 Å². The van der Waals surface area contributed by atoms with Gasteiger partial charge in [-0.3, -0.25) is 14.8 Å². The van der Waals surface area contributed by atoms with Crippen LogP contribution in [0.1, 0.15) is 31.4 Å². The second-order valence-electron chi connectivity index (χ2n) is 6.35. The lowest BCUT2D eigenvalue weighted by molar-refractivity contribution is 0.273. The highest BCUT2D eigenvalue weighted by Crippen LogP contribution is 2.15. The molecule has 1 N–H and O–H groups in total. The van der Waals surface area contributed by atoms with Crippen LogP contribution in [0.5, 0.6) is 0 Å². The molecule has 0 unspecified atom stereocenters. The third-order valence-corrected chi connectivity index (χ3v) is 4.52. The number of benzene rings is 1. The smallest absolute Gasteiger partial charge is 0.274 e. The number of aromatic amines is 1. The average Bonchev–Trinajstić information content (AvgIpc) is 2.87. The molecule has 6 heteroatoms. The summed E-state index contributed by atoms with van der Waals surface area (Å²) in [6, 6.07) is 11.4. The van der Waals surface area contributed by atoms with E-state index < -0.39 is 0 Å². The Labute approximate surface area is 140 Å². The summed E-state index contributed by atoms with van der Waals surface area (Å²) in [7, 11) is 0. The first-order chi connectivity index (χ1) is 11.8. The van der Waals surface area contributed by atoms with Gasteiger partial charge in [-0.25, -0.2) is 4.98 Å². The summed E-state index contributed by atoms with van der Waals surface area (Å²) in [5, 5.41) is 3.04. The van der Waals surface area contributed by atoms with Crippen molar-refractivity contribution < 1.29 is 0 Å². The van der Waals surface area contributed by atoms with Gasteiger partial charge in [0, 0.05) is 18.2 Å². The van der Waals surface area contributed by atoms with Crippen LogP contribution in [-0.4, -0.2) is 37.6 Å². The second kappa shape index (κ2) is 6.57. The first-order valence-corrected chi connectivity index (χ1v) is 8.56. The summed E-state index contributed by atoms with van der Waals surface area (Å²) < 4.78 is 1.41. The zero-order valence-electron chi connectivity index (χ0n) is 13.6. The van der Waals surface area contributed by atoms with Crippen LogP contribution in [-0.2, 0) is 6.54 Å². The highest BCUT2D eigenvalue weighted by atomic mass is 16.1. The van der Waals surface area contributed by atoms with E-state index in [0.29, 0.717) is 11.6 Å². The van der Waals surface area contributed by atoms with E-state index in [9.17, 15) is 4.79 Å². The van der Waals surface area contributed by atoms with Crippen molar-refractivity contribution >= 4 is 5.78 Å². The van der Waals surface area contributed by atoms with Crippen LogP contribution in [0.2, 0.25) is 0 Å². The monoisotopic (exact) mass is 323 g/mol. The van der Waals surface area contributed by atoms with E-state index in [-0.39, 0.29) is 5.56 Å². The summed E-state index contributed by atoms with van der Waals surface area (Å²) >= 11 is 0. The van der Waals surface area contributed by atoms with Gasteiger partial charge in [0.1, 0.15) is 0 Å². The molecule has 0 amide bonds. The Morgan fingerprint density at radius 1 is 1.00 bits per heavy atom. The van der Waals surface area contributed by atoms with Crippen LogP contribution < -0.4 is 5.56 Å². The number of nitrogens with one attached hydrogen (secondary N) is 1. The molecule has 1 aromatic carbocycles. The summed E-state index contributed by atoms with van der Waals surface area (Å²) in [5.41, 5.74) is 1.63. The average molecular weight is 323 g/mol. The second-order valence-corrected chi connectivity index (χ2v) is 6.35. The summed E-state index contributed by atoms with van der Waals surface area (Å²) in [6.45, 7) is 2.88. The van der Waals surface area contributed by atoms with Crippen molar-refractivity contribution in [1.29, 1.82) is 0 Å². The zero-order chi connectivity index (χ0) is 16.4. The first-order valence-electron chi connectivity index (χ1n) is 8.56. The Hall–Kier alpha value is -2.47. The standard InChI is InChI=1S/C18H21N5O/c24-16-12-15(13-22-10-6-1-2-7-11-22)19-18-20-17(21-23(16)18)14-8-4-3-5-9-14/h3-5,8-9,12H,1-2,6-7,10-11,13H2,(H,19,20,21). The minimum Gasteiger partial charge on any atom is -0.298 e. The van der Waals surface area contributed by atoms with Crippen molar-refractivity contribution in [2.45, 2.75) is 32.2 Å². The van der Waals surface area contributed by atoms with E-state index in [1.54, 1.807) is 6.07 Å². The molecular weight excluding hydrogens is 302 g/mol. The highest BCUT2D eigenvalue weighted by Gasteiger charge is 2.13. The van der Waals surface area contributed by atoms with Gasteiger partial charge < -0.3 is 0 Å². The fraction of sp³-hybridized carbons (Fsp3) is 0.389. The molecule has 2 aromatic heterocycles. The Morgan fingerprint density at radius 2 is 1.75 bits per heavy atom. The molecule has 0 aliphatic carbocycles. The topological polar surface area (TPSA) is 66.3 Å².